The molecule has 0 fully saturated rings. The molecule has 0 aromatic heterocycles. The Bertz CT molecular complexity index is 597. The van der Waals surface area contributed by atoms with Gasteiger partial charge in [-0.25, -0.2) is 0 Å². The highest BCUT2D eigenvalue weighted by Crippen LogP contribution is 2.26. The number of aliphatic hydroxyl groups is 1. The first-order valence-electron chi connectivity index (χ1n) is 7.74. The standard InChI is InChI=1S/C18H22O3/c1-3-5-7-12-9-14-15(10-13(12)8-6-4-2)18(21)17(20)11-16(14)19/h9-11,20H,3-8H2,1-2H3. The average molecular weight is 286 g/mol. The SMILES string of the molecule is CCCCc1cc2c(cc1CCCC)C(=O)C(O)=CC2=O. The second-order valence-electron chi connectivity index (χ2n) is 5.60. The Labute approximate surface area is 125 Å². The number of carbonyl (C=O) groups is 2. The van der Waals surface area contributed by atoms with Crippen LogP contribution < -0.4 is 0 Å². The van der Waals surface area contributed by atoms with Crippen molar-refractivity contribution in [3.8, 4) is 0 Å². The smallest absolute Gasteiger partial charge is 0.228 e. The first-order valence-corrected chi connectivity index (χ1v) is 7.74. The molecule has 0 heterocycles. The summed E-state index contributed by atoms with van der Waals surface area (Å²) in [5.41, 5.74) is 3.09. The maximum absolute atomic E-state index is 12.0. The highest BCUT2D eigenvalue weighted by molar-refractivity contribution is 6.23. The van der Waals surface area contributed by atoms with Crippen LogP contribution in [0.4, 0.5) is 0 Å². The predicted molar refractivity (Wildman–Crippen MR) is 83.0 cm³/mol. The van der Waals surface area contributed by atoms with Gasteiger partial charge in [-0.15, -0.1) is 0 Å². The van der Waals surface area contributed by atoms with Gasteiger partial charge in [-0.2, -0.15) is 0 Å². The highest BCUT2D eigenvalue weighted by atomic mass is 16.3. The fourth-order valence-electron chi connectivity index (χ4n) is 2.69. The lowest BCUT2D eigenvalue weighted by molar-refractivity contribution is 0.0939. The van der Waals surface area contributed by atoms with Crippen LogP contribution in [0.5, 0.6) is 0 Å². The van der Waals surface area contributed by atoms with Gasteiger partial charge in [0.1, 0.15) is 0 Å². The Kier molecular flexibility index (Phi) is 4.94. The van der Waals surface area contributed by atoms with E-state index in [4.69, 9.17) is 0 Å². The highest BCUT2D eigenvalue weighted by Gasteiger charge is 2.26. The molecular weight excluding hydrogens is 264 g/mol. The van der Waals surface area contributed by atoms with E-state index in [1.165, 1.54) is 5.56 Å². The number of hydrogen-bond acceptors (Lipinski definition) is 3. The van der Waals surface area contributed by atoms with Crippen LogP contribution in [0, 0.1) is 0 Å². The summed E-state index contributed by atoms with van der Waals surface area (Å²) in [6.45, 7) is 4.27. The number of hydrogen-bond donors (Lipinski definition) is 1. The number of Topliss-reactive ketones (excluding diaryl/α,β-unsaturated/α-hetero) is 1. The van der Waals surface area contributed by atoms with Crippen LogP contribution in [0.3, 0.4) is 0 Å². The van der Waals surface area contributed by atoms with E-state index in [1.54, 1.807) is 0 Å². The number of allylic oxidation sites excluding steroid dienone is 2. The van der Waals surface area contributed by atoms with Gasteiger partial charge >= 0.3 is 0 Å². The first-order chi connectivity index (χ1) is 10.1. The van der Waals surface area contributed by atoms with Crippen LogP contribution in [0.2, 0.25) is 0 Å². The van der Waals surface area contributed by atoms with Crippen molar-refractivity contribution < 1.29 is 14.7 Å². The Balaban J connectivity index is 2.46. The molecule has 0 spiro atoms. The lowest BCUT2D eigenvalue weighted by Gasteiger charge is -2.17. The van der Waals surface area contributed by atoms with E-state index in [9.17, 15) is 14.7 Å². The van der Waals surface area contributed by atoms with Crippen LogP contribution in [-0.2, 0) is 12.8 Å². The van der Waals surface area contributed by atoms with E-state index in [1.807, 2.05) is 12.1 Å². The van der Waals surface area contributed by atoms with Crippen LogP contribution >= 0.6 is 0 Å². The minimum Gasteiger partial charge on any atom is -0.504 e. The zero-order valence-corrected chi connectivity index (χ0v) is 12.7. The van der Waals surface area contributed by atoms with Gasteiger partial charge in [0.25, 0.3) is 0 Å². The Hall–Kier alpha value is -1.90. The van der Waals surface area contributed by atoms with Gasteiger partial charge in [-0.1, -0.05) is 26.7 Å². The molecule has 1 aromatic carbocycles. The van der Waals surface area contributed by atoms with E-state index < -0.39 is 11.5 Å². The van der Waals surface area contributed by atoms with Crippen molar-refractivity contribution >= 4 is 11.6 Å². The third-order valence-corrected chi connectivity index (χ3v) is 3.95. The Morgan fingerprint density at radius 3 is 1.95 bits per heavy atom. The number of rotatable bonds is 6. The number of aryl methyl sites for hydroxylation is 2. The van der Waals surface area contributed by atoms with Gasteiger partial charge in [-0.3, -0.25) is 9.59 Å². The van der Waals surface area contributed by atoms with E-state index in [2.05, 4.69) is 13.8 Å². The fourth-order valence-corrected chi connectivity index (χ4v) is 2.69. The molecule has 3 nitrogen and oxygen atoms in total. The maximum atomic E-state index is 12.0. The summed E-state index contributed by atoms with van der Waals surface area (Å²) in [7, 11) is 0. The van der Waals surface area contributed by atoms with Crippen molar-refractivity contribution in [1.82, 2.24) is 0 Å². The molecule has 0 saturated carbocycles. The maximum Gasteiger partial charge on any atom is 0.228 e. The number of benzene rings is 1. The molecule has 3 heteroatoms. The van der Waals surface area contributed by atoms with Crippen molar-refractivity contribution in [2.75, 3.05) is 0 Å². The van der Waals surface area contributed by atoms with E-state index in [-0.39, 0.29) is 5.78 Å². The number of ketones is 2. The lowest BCUT2D eigenvalue weighted by atomic mass is 9.86. The second kappa shape index (κ2) is 6.70. The molecule has 0 saturated heterocycles. The summed E-state index contributed by atoms with van der Waals surface area (Å²) < 4.78 is 0. The number of fused-ring (bicyclic) bond motifs is 1. The van der Waals surface area contributed by atoms with Crippen molar-refractivity contribution in [2.45, 2.75) is 52.4 Å². The zero-order chi connectivity index (χ0) is 15.4. The van der Waals surface area contributed by atoms with E-state index in [0.29, 0.717) is 11.1 Å². The molecular formula is C18H22O3. The average Bonchev–Trinajstić information content (AvgIpc) is 2.48. The van der Waals surface area contributed by atoms with Crippen LogP contribution in [0.25, 0.3) is 0 Å². The molecule has 21 heavy (non-hydrogen) atoms. The van der Waals surface area contributed by atoms with Crippen molar-refractivity contribution in [2.24, 2.45) is 0 Å². The summed E-state index contributed by atoms with van der Waals surface area (Å²) in [5.74, 6) is -1.17. The van der Waals surface area contributed by atoms with Gasteiger partial charge in [-0.05, 0) is 48.9 Å². The summed E-state index contributed by atoms with van der Waals surface area (Å²) in [6, 6.07) is 3.68. The summed E-state index contributed by atoms with van der Waals surface area (Å²) in [5, 5.41) is 9.56. The third-order valence-electron chi connectivity index (χ3n) is 3.95. The lowest BCUT2D eigenvalue weighted by Crippen LogP contribution is -2.18. The molecule has 112 valence electrons. The Morgan fingerprint density at radius 2 is 1.43 bits per heavy atom. The molecule has 0 amide bonds. The molecule has 1 aromatic rings. The normalized spacial score (nSPS) is 14.1. The quantitative estimate of drug-likeness (QED) is 0.853. The summed E-state index contributed by atoms with van der Waals surface area (Å²) in [6.07, 6.45) is 7.18. The minimum absolute atomic E-state index is 0.276. The van der Waals surface area contributed by atoms with Crippen LogP contribution in [0.15, 0.2) is 24.0 Å². The number of aliphatic hydroxyl groups excluding tert-OH is 1. The Morgan fingerprint density at radius 1 is 0.905 bits per heavy atom. The van der Waals surface area contributed by atoms with E-state index in [0.717, 1.165) is 50.2 Å². The molecule has 2 rings (SSSR count). The van der Waals surface area contributed by atoms with Gasteiger partial charge in [0.15, 0.2) is 11.5 Å². The fraction of sp³-hybridized carbons (Fsp3) is 0.444. The first kappa shape index (κ1) is 15.5. The molecule has 0 radical (unpaired) electrons. The largest absolute Gasteiger partial charge is 0.504 e. The van der Waals surface area contributed by atoms with Crippen molar-refractivity contribution in [3.63, 3.8) is 0 Å². The molecule has 1 aliphatic rings. The minimum atomic E-state index is -0.449. The van der Waals surface area contributed by atoms with Gasteiger partial charge < -0.3 is 5.11 Å². The van der Waals surface area contributed by atoms with Gasteiger partial charge in [0.05, 0.1) is 0 Å². The van der Waals surface area contributed by atoms with Gasteiger partial charge in [0.2, 0.25) is 5.78 Å². The van der Waals surface area contributed by atoms with Crippen molar-refractivity contribution in [1.29, 1.82) is 0 Å². The summed E-state index contributed by atoms with van der Waals surface area (Å²) >= 11 is 0. The molecule has 0 aliphatic heterocycles. The molecule has 1 aliphatic carbocycles. The van der Waals surface area contributed by atoms with Crippen LogP contribution in [0.1, 0.15) is 71.4 Å². The second-order valence-corrected chi connectivity index (χ2v) is 5.60. The molecule has 0 atom stereocenters. The third kappa shape index (κ3) is 3.23. The monoisotopic (exact) mass is 286 g/mol. The van der Waals surface area contributed by atoms with Crippen molar-refractivity contribution in [3.05, 3.63) is 46.2 Å². The molecule has 0 bridgehead atoms. The predicted octanol–water partition coefficient (Wildman–Crippen LogP) is 4.19. The van der Waals surface area contributed by atoms with Gasteiger partial charge in [0, 0.05) is 17.2 Å². The summed E-state index contributed by atoms with van der Waals surface area (Å²) in [4.78, 5) is 24.0. The van der Waals surface area contributed by atoms with E-state index >= 15 is 0 Å². The molecule has 0 unspecified atom stereocenters. The number of carbonyl (C=O) groups excluding carboxylic acids is 2. The van der Waals surface area contributed by atoms with Crippen LogP contribution in [-0.4, -0.2) is 16.7 Å². The molecule has 1 N–H and O–H groups in total. The number of unbranched alkanes of at least 4 members (excludes halogenated alkanes) is 2. The zero-order valence-electron chi connectivity index (χ0n) is 12.7. The topological polar surface area (TPSA) is 54.4 Å².